The Bertz CT molecular complexity index is 846. The summed E-state index contributed by atoms with van der Waals surface area (Å²) in [6.45, 7) is 1.76. The van der Waals surface area contributed by atoms with Gasteiger partial charge >= 0.3 is 6.18 Å². The molecule has 1 aliphatic rings. The third kappa shape index (κ3) is 3.33. The summed E-state index contributed by atoms with van der Waals surface area (Å²) in [4.78, 5) is 4.95. The number of benzene rings is 2. The predicted octanol–water partition coefficient (Wildman–Crippen LogP) is 6.54. The number of aryl methyl sites for hydroxylation is 1. The van der Waals surface area contributed by atoms with Crippen LogP contribution in [0.4, 0.5) is 13.2 Å². The Kier molecular flexibility index (Phi) is 4.69. The summed E-state index contributed by atoms with van der Waals surface area (Å²) in [7, 11) is 0. The lowest BCUT2D eigenvalue weighted by Crippen LogP contribution is -2.42. The Hall–Kier alpha value is -1.43. The van der Waals surface area contributed by atoms with E-state index in [0.29, 0.717) is 10.6 Å². The first-order valence-corrected chi connectivity index (χ1v) is 8.31. The number of oxime groups is 1. The molecule has 0 radical (unpaired) electrons. The summed E-state index contributed by atoms with van der Waals surface area (Å²) >= 11 is 17.7. The van der Waals surface area contributed by atoms with E-state index in [0.717, 1.165) is 5.56 Å². The van der Waals surface area contributed by atoms with Crippen LogP contribution in [0.15, 0.2) is 41.6 Å². The fourth-order valence-corrected chi connectivity index (χ4v) is 3.31. The predicted molar refractivity (Wildman–Crippen MR) is 92.6 cm³/mol. The molecule has 0 N–H and O–H groups in total. The average Bonchev–Trinajstić information content (AvgIpc) is 2.95. The average molecular weight is 409 g/mol. The fourth-order valence-electron chi connectivity index (χ4n) is 2.67. The van der Waals surface area contributed by atoms with Gasteiger partial charge in [-0.3, -0.25) is 0 Å². The Morgan fingerprint density at radius 3 is 2.24 bits per heavy atom. The maximum atomic E-state index is 13.9. The molecule has 0 bridgehead atoms. The topological polar surface area (TPSA) is 21.6 Å². The molecule has 25 heavy (non-hydrogen) atoms. The van der Waals surface area contributed by atoms with Crippen LogP contribution in [-0.2, 0) is 10.4 Å². The van der Waals surface area contributed by atoms with Gasteiger partial charge in [-0.2, -0.15) is 13.2 Å². The monoisotopic (exact) mass is 407 g/mol. The van der Waals surface area contributed by atoms with E-state index in [-0.39, 0.29) is 21.3 Å². The zero-order valence-electron chi connectivity index (χ0n) is 12.8. The van der Waals surface area contributed by atoms with Crippen LogP contribution in [0.3, 0.4) is 0 Å². The van der Waals surface area contributed by atoms with Gasteiger partial charge in [-0.25, -0.2) is 0 Å². The van der Waals surface area contributed by atoms with Gasteiger partial charge in [0.1, 0.15) is 0 Å². The summed E-state index contributed by atoms with van der Waals surface area (Å²) in [6.07, 6.45) is -5.21. The molecule has 0 fully saturated rings. The van der Waals surface area contributed by atoms with Crippen LogP contribution in [0, 0.1) is 6.92 Å². The van der Waals surface area contributed by atoms with Crippen molar-refractivity contribution in [2.45, 2.75) is 25.1 Å². The lowest BCUT2D eigenvalue weighted by molar-refractivity contribution is -0.275. The van der Waals surface area contributed by atoms with E-state index in [1.807, 2.05) is 0 Å². The van der Waals surface area contributed by atoms with Crippen molar-refractivity contribution in [2.75, 3.05) is 0 Å². The van der Waals surface area contributed by atoms with Crippen LogP contribution in [-0.4, -0.2) is 11.9 Å². The molecule has 0 amide bonds. The molecule has 0 saturated heterocycles. The van der Waals surface area contributed by atoms with Crippen molar-refractivity contribution in [3.8, 4) is 0 Å². The Labute approximate surface area is 157 Å². The van der Waals surface area contributed by atoms with Crippen LogP contribution < -0.4 is 0 Å². The molecule has 1 aliphatic heterocycles. The van der Waals surface area contributed by atoms with Gasteiger partial charge in [0.15, 0.2) is 0 Å². The normalized spacial score (nSPS) is 20.4. The zero-order chi connectivity index (χ0) is 18.4. The number of alkyl halides is 3. The van der Waals surface area contributed by atoms with E-state index < -0.39 is 18.2 Å². The highest BCUT2D eigenvalue weighted by Gasteiger charge is 2.62. The highest BCUT2D eigenvalue weighted by Crippen LogP contribution is 2.49. The van der Waals surface area contributed by atoms with E-state index in [1.165, 1.54) is 18.2 Å². The summed E-state index contributed by atoms with van der Waals surface area (Å²) in [5.74, 6) is 0. The second kappa shape index (κ2) is 6.38. The van der Waals surface area contributed by atoms with Gasteiger partial charge in [0.05, 0.1) is 5.71 Å². The number of halogens is 6. The van der Waals surface area contributed by atoms with Crippen molar-refractivity contribution >= 4 is 40.5 Å². The summed E-state index contributed by atoms with van der Waals surface area (Å²) < 4.78 is 41.7. The minimum atomic E-state index is -4.71. The van der Waals surface area contributed by atoms with Gasteiger partial charge in [0.2, 0.25) is 0 Å². The van der Waals surface area contributed by atoms with Crippen LogP contribution >= 0.6 is 34.8 Å². The zero-order valence-corrected chi connectivity index (χ0v) is 15.1. The molecule has 1 atom stereocenters. The smallest absolute Gasteiger partial charge is 0.374 e. The number of nitrogens with zero attached hydrogens (tertiary/aromatic N) is 1. The third-order valence-electron chi connectivity index (χ3n) is 4.01. The maximum absolute atomic E-state index is 13.9. The highest BCUT2D eigenvalue weighted by molar-refractivity contribution is 6.34. The van der Waals surface area contributed by atoms with Crippen molar-refractivity contribution in [2.24, 2.45) is 5.16 Å². The van der Waals surface area contributed by atoms with Gasteiger partial charge in [-0.1, -0.05) is 46.0 Å². The second-order valence-corrected chi connectivity index (χ2v) is 7.03. The van der Waals surface area contributed by atoms with E-state index >= 15 is 0 Å². The summed E-state index contributed by atoms with van der Waals surface area (Å²) in [6, 6.07) is 8.62. The second-order valence-electron chi connectivity index (χ2n) is 5.75. The molecule has 2 aromatic rings. The molecular weight excluding hydrogens is 398 g/mol. The minimum absolute atomic E-state index is 0.0884. The van der Waals surface area contributed by atoms with Gasteiger partial charge in [0, 0.05) is 27.1 Å². The molecule has 8 heteroatoms. The minimum Gasteiger partial charge on any atom is -0.374 e. The van der Waals surface area contributed by atoms with Crippen molar-refractivity contribution in [3.05, 3.63) is 68.2 Å². The highest BCUT2D eigenvalue weighted by atomic mass is 35.5. The summed E-state index contributed by atoms with van der Waals surface area (Å²) in [5.41, 5.74) is -1.40. The van der Waals surface area contributed by atoms with Crippen LogP contribution in [0.1, 0.15) is 23.1 Å². The molecule has 2 aromatic carbocycles. The van der Waals surface area contributed by atoms with Crippen LogP contribution in [0.2, 0.25) is 15.1 Å². The SMILES string of the molecule is Cc1cc(C2=NOC(c3cc(Cl)cc(Cl)c3)(C(F)(F)F)C2)ccc1Cl. The first-order valence-electron chi connectivity index (χ1n) is 7.17. The Morgan fingerprint density at radius 2 is 1.68 bits per heavy atom. The van der Waals surface area contributed by atoms with E-state index in [2.05, 4.69) is 5.16 Å². The Morgan fingerprint density at radius 1 is 1.04 bits per heavy atom. The van der Waals surface area contributed by atoms with Gasteiger partial charge < -0.3 is 4.84 Å². The van der Waals surface area contributed by atoms with Crippen molar-refractivity contribution in [1.29, 1.82) is 0 Å². The van der Waals surface area contributed by atoms with Crippen molar-refractivity contribution in [1.82, 2.24) is 0 Å². The summed E-state index contributed by atoms with van der Waals surface area (Å²) in [5, 5.41) is 4.40. The standard InChI is InChI=1S/C17H11Cl3F3NO/c1-9-4-10(2-3-14(9)20)15-8-16(25-24-15,17(21,22)23)11-5-12(18)7-13(19)6-11/h2-7H,8H2,1H3. The molecule has 0 saturated carbocycles. The van der Waals surface area contributed by atoms with Crippen molar-refractivity contribution < 1.29 is 18.0 Å². The third-order valence-corrected chi connectivity index (χ3v) is 4.87. The van der Waals surface area contributed by atoms with Gasteiger partial charge in [0.25, 0.3) is 5.60 Å². The van der Waals surface area contributed by atoms with Crippen molar-refractivity contribution in [3.63, 3.8) is 0 Å². The molecule has 1 heterocycles. The number of hydrogen-bond donors (Lipinski definition) is 0. The number of hydrogen-bond acceptors (Lipinski definition) is 2. The van der Waals surface area contributed by atoms with E-state index in [9.17, 15) is 13.2 Å². The first kappa shape index (κ1) is 18.4. The molecule has 3 rings (SSSR count). The fraction of sp³-hybridized carbons (Fsp3) is 0.235. The quantitative estimate of drug-likeness (QED) is 0.553. The number of rotatable bonds is 2. The largest absolute Gasteiger partial charge is 0.435 e. The van der Waals surface area contributed by atoms with Gasteiger partial charge in [-0.15, -0.1) is 0 Å². The molecule has 0 aliphatic carbocycles. The van der Waals surface area contributed by atoms with E-state index in [4.69, 9.17) is 39.6 Å². The van der Waals surface area contributed by atoms with Crippen LogP contribution in [0.25, 0.3) is 0 Å². The van der Waals surface area contributed by atoms with Gasteiger partial charge in [-0.05, 0) is 48.4 Å². The molecular formula is C17H11Cl3F3NO. The lowest BCUT2D eigenvalue weighted by atomic mass is 9.86. The maximum Gasteiger partial charge on any atom is 0.435 e. The molecule has 132 valence electrons. The van der Waals surface area contributed by atoms with Crippen LogP contribution in [0.5, 0.6) is 0 Å². The van der Waals surface area contributed by atoms with E-state index in [1.54, 1.807) is 25.1 Å². The molecule has 1 unspecified atom stereocenters. The lowest BCUT2D eigenvalue weighted by Gasteiger charge is -2.29. The Balaban J connectivity index is 2.04. The molecule has 2 nitrogen and oxygen atoms in total. The molecule has 0 spiro atoms. The first-order chi connectivity index (χ1) is 11.6. The molecule has 0 aromatic heterocycles.